The molecule has 0 spiro atoms. The van der Waals surface area contributed by atoms with Gasteiger partial charge in [0.2, 0.25) is 0 Å². The molecule has 0 bridgehead atoms. The van der Waals surface area contributed by atoms with Crippen molar-refractivity contribution < 1.29 is 5.11 Å². The van der Waals surface area contributed by atoms with Crippen LogP contribution in [0.25, 0.3) is 10.8 Å². The SMILES string of the molecule is OCc1cnc(N2CCCC2)c2ccccc12. The number of rotatable bonds is 2. The summed E-state index contributed by atoms with van der Waals surface area (Å²) in [6.45, 7) is 2.23. The Balaban J connectivity index is 2.19. The number of benzene rings is 1. The largest absolute Gasteiger partial charge is 0.392 e. The van der Waals surface area contributed by atoms with Gasteiger partial charge in [-0.2, -0.15) is 0 Å². The van der Waals surface area contributed by atoms with Crippen LogP contribution in [0.3, 0.4) is 0 Å². The molecule has 3 rings (SSSR count). The van der Waals surface area contributed by atoms with E-state index in [1.807, 2.05) is 12.1 Å². The maximum atomic E-state index is 9.34. The lowest BCUT2D eigenvalue weighted by Gasteiger charge is -2.19. The van der Waals surface area contributed by atoms with E-state index in [0.717, 1.165) is 35.2 Å². The molecule has 2 aromatic rings. The topological polar surface area (TPSA) is 36.4 Å². The molecule has 0 saturated carbocycles. The van der Waals surface area contributed by atoms with Crippen LogP contribution in [0.1, 0.15) is 18.4 Å². The first-order valence-electron chi connectivity index (χ1n) is 6.12. The molecular weight excluding hydrogens is 212 g/mol. The molecule has 1 aromatic carbocycles. The van der Waals surface area contributed by atoms with Crippen molar-refractivity contribution in [3.63, 3.8) is 0 Å². The highest BCUT2D eigenvalue weighted by Gasteiger charge is 2.16. The van der Waals surface area contributed by atoms with Crippen LogP contribution < -0.4 is 4.90 Å². The Morgan fingerprint density at radius 3 is 2.53 bits per heavy atom. The molecule has 3 heteroatoms. The fraction of sp³-hybridized carbons (Fsp3) is 0.357. The number of fused-ring (bicyclic) bond motifs is 1. The summed E-state index contributed by atoms with van der Waals surface area (Å²) in [5, 5.41) is 11.6. The van der Waals surface area contributed by atoms with E-state index >= 15 is 0 Å². The second kappa shape index (κ2) is 4.34. The first-order valence-corrected chi connectivity index (χ1v) is 6.12. The predicted octanol–water partition coefficient (Wildman–Crippen LogP) is 2.33. The first-order chi connectivity index (χ1) is 8.40. The normalized spacial score (nSPS) is 15.7. The summed E-state index contributed by atoms with van der Waals surface area (Å²) in [4.78, 5) is 6.86. The molecule has 3 nitrogen and oxygen atoms in total. The Labute approximate surface area is 101 Å². The lowest BCUT2D eigenvalue weighted by atomic mass is 10.1. The van der Waals surface area contributed by atoms with Gasteiger partial charge in [-0.25, -0.2) is 4.98 Å². The molecule has 1 saturated heterocycles. The van der Waals surface area contributed by atoms with E-state index in [4.69, 9.17) is 0 Å². The Kier molecular flexibility index (Phi) is 2.69. The lowest BCUT2D eigenvalue weighted by molar-refractivity contribution is 0.283. The smallest absolute Gasteiger partial charge is 0.136 e. The standard InChI is InChI=1S/C14H16N2O/c17-10-11-9-15-14(16-7-3-4-8-16)13-6-2-1-5-12(11)13/h1-2,5-6,9,17H,3-4,7-8,10H2. The van der Waals surface area contributed by atoms with Gasteiger partial charge in [-0.1, -0.05) is 24.3 Å². The van der Waals surface area contributed by atoms with Gasteiger partial charge in [-0.3, -0.25) is 0 Å². The molecule has 17 heavy (non-hydrogen) atoms. The van der Waals surface area contributed by atoms with E-state index in [9.17, 15) is 5.11 Å². The molecule has 0 aliphatic carbocycles. The number of hydrogen-bond acceptors (Lipinski definition) is 3. The van der Waals surface area contributed by atoms with Gasteiger partial charge in [0.1, 0.15) is 5.82 Å². The number of hydrogen-bond donors (Lipinski definition) is 1. The van der Waals surface area contributed by atoms with Crippen LogP contribution in [-0.2, 0) is 6.61 Å². The van der Waals surface area contributed by atoms with Crippen molar-refractivity contribution in [1.29, 1.82) is 0 Å². The van der Waals surface area contributed by atoms with Crippen molar-refractivity contribution in [1.82, 2.24) is 4.98 Å². The Morgan fingerprint density at radius 2 is 1.82 bits per heavy atom. The molecule has 0 amide bonds. The first kappa shape index (κ1) is 10.5. The van der Waals surface area contributed by atoms with Crippen LogP contribution in [0.4, 0.5) is 5.82 Å². The highest BCUT2D eigenvalue weighted by Crippen LogP contribution is 2.29. The van der Waals surface area contributed by atoms with Crippen molar-refractivity contribution in [2.24, 2.45) is 0 Å². The van der Waals surface area contributed by atoms with Gasteiger partial charge in [0.15, 0.2) is 0 Å². The molecule has 88 valence electrons. The predicted molar refractivity (Wildman–Crippen MR) is 69.1 cm³/mol. The number of pyridine rings is 1. The van der Waals surface area contributed by atoms with Crippen molar-refractivity contribution in [2.75, 3.05) is 18.0 Å². The third-order valence-electron chi connectivity index (χ3n) is 3.43. The van der Waals surface area contributed by atoms with Gasteiger partial charge in [-0.15, -0.1) is 0 Å². The van der Waals surface area contributed by atoms with E-state index in [1.54, 1.807) is 6.20 Å². The molecule has 1 aliphatic rings. The minimum Gasteiger partial charge on any atom is -0.392 e. The highest BCUT2D eigenvalue weighted by atomic mass is 16.3. The van der Waals surface area contributed by atoms with E-state index in [0.29, 0.717) is 0 Å². The third kappa shape index (κ3) is 1.76. The van der Waals surface area contributed by atoms with Crippen LogP contribution in [0, 0.1) is 0 Å². The quantitative estimate of drug-likeness (QED) is 0.857. The zero-order valence-electron chi connectivity index (χ0n) is 9.76. The van der Waals surface area contributed by atoms with E-state index < -0.39 is 0 Å². The Bertz CT molecular complexity index is 533. The molecule has 0 atom stereocenters. The molecule has 1 N–H and O–H groups in total. The van der Waals surface area contributed by atoms with Gasteiger partial charge in [0.05, 0.1) is 6.61 Å². The van der Waals surface area contributed by atoms with Crippen LogP contribution in [-0.4, -0.2) is 23.2 Å². The number of nitrogens with zero attached hydrogens (tertiary/aromatic N) is 2. The summed E-state index contributed by atoms with van der Waals surface area (Å²) >= 11 is 0. The second-order valence-corrected chi connectivity index (χ2v) is 4.50. The maximum absolute atomic E-state index is 9.34. The van der Waals surface area contributed by atoms with Crippen molar-refractivity contribution in [2.45, 2.75) is 19.4 Å². The van der Waals surface area contributed by atoms with E-state index in [-0.39, 0.29) is 6.61 Å². The average Bonchev–Trinajstić information content (AvgIpc) is 2.91. The number of aliphatic hydroxyl groups excluding tert-OH is 1. The fourth-order valence-electron chi connectivity index (χ4n) is 2.54. The van der Waals surface area contributed by atoms with Crippen molar-refractivity contribution in [3.05, 3.63) is 36.0 Å². The summed E-state index contributed by atoms with van der Waals surface area (Å²) in [6.07, 6.45) is 4.30. The monoisotopic (exact) mass is 228 g/mol. The summed E-state index contributed by atoms with van der Waals surface area (Å²) in [6, 6.07) is 8.19. The van der Waals surface area contributed by atoms with Crippen LogP contribution in [0.15, 0.2) is 30.5 Å². The molecule has 1 fully saturated rings. The van der Waals surface area contributed by atoms with Crippen LogP contribution >= 0.6 is 0 Å². The van der Waals surface area contributed by atoms with Gasteiger partial charge in [0.25, 0.3) is 0 Å². The summed E-state index contributed by atoms with van der Waals surface area (Å²) in [5.41, 5.74) is 0.906. The highest BCUT2D eigenvalue weighted by molar-refractivity contribution is 5.94. The maximum Gasteiger partial charge on any atom is 0.136 e. The minimum absolute atomic E-state index is 0.0494. The van der Waals surface area contributed by atoms with E-state index in [1.165, 1.54) is 12.8 Å². The third-order valence-corrected chi connectivity index (χ3v) is 3.43. The molecule has 1 aromatic heterocycles. The zero-order valence-corrected chi connectivity index (χ0v) is 9.76. The van der Waals surface area contributed by atoms with Gasteiger partial charge >= 0.3 is 0 Å². The molecule has 0 radical (unpaired) electrons. The fourth-order valence-corrected chi connectivity index (χ4v) is 2.54. The van der Waals surface area contributed by atoms with Gasteiger partial charge in [-0.05, 0) is 18.2 Å². The second-order valence-electron chi connectivity index (χ2n) is 4.50. The van der Waals surface area contributed by atoms with Gasteiger partial charge < -0.3 is 10.0 Å². The Hall–Kier alpha value is -1.61. The van der Waals surface area contributed by atoms with Gasteiger partial charge in [0, 0.05) is 30.2 Å². The zero-order chi connectivity index (χ0) is 11.7. The number of aliphatic hydroxyl groups is 1. The average molecular weight is 228 g/mol. The lowest BCUT2D eigenvalue weighted by Crippen LogP contribution is -2.19. The summed E-state index contributed by atoms with van der Waals surface area (Å²) in [5.74, 6) is 1.07. The van der Waals surface area contributed by atoms with Crippen molar-refractivity contribution >= 4 is 16.6 Å². The van der Waals surface area contributed by atoms with E-state index in [2.05, 4.69) is 22.0 Å². The molecule has 1 aliphatic heterocycles. The summed E-state index contributed by atoms with van der Waals surface area (Å²) in [7, 11) is 0. The number of anilines is 1. The van der Waals surface area contributed by atoms with Crippen LogP contribution in [0.2, 0.25) is 0 Å². The Morgan fingerprint density at radius 1 is 1.12 bits per heavy atom. The summed E-state index contributed by atoms with van der Waals surface area (Å²) < 4.78 is 0. The molecule has 0 unspecified atom stereocenters. The number of aromatic nitrogens is 1. The molecule has 2 heterocycles. The molecular formula is C14H16N2O. The van der Waals surface area contributed by atoms with Crippen LogP contribution in [0.5, 0.6) is 0 Å². The minimum atomic E-state index is 0.0494. The van der Waals surface area contributed by atoms with Crippen molar-refractivity contribution in [3.8, 4) is 0 Å².